The van der Waals surface area contributed by atoms with Gasteiger partial charge in [-0.3, -0.25) is 81.9 Å². The van der Waals surface area contributed by atoms with Crippen molar-refractivity contribution in [2.24, 2.45) is 23.3 Å². The summed E-state index contributed by atoms with van der Waals surface area (Å²) in [7, 11) is 1.64. The van der Waals surface area contributed by atoms with E-state index in [0.717, 1.165) is 12.8 Å². The molecule has 0 bridgehead atoms. The number of ether oxygens (including phenoxy) is 8. The minimum atomic E-state index is -1.05. The monoisotopic (exact) mass is 1510 g/mol. The van der Waals surface area contributed by atoms with Crippen molar-refractivity contribution in [2.75, 3.05) is 237 Å². The van der Waals surface area contributed by atoms with Crippen LogP contribution in [0, 0.1) is 11.8 Å². The van der Waals surface area contributed by atoms with Gasteiger partial charge in [-0.2, -0.15) is 0 Å². The lowest BCUT2D eigenvalue weighted by Gasteiger charge is -2.32. The van der Waals surface area contributed by atoms with Gasteiger partial charge in [-0.1, -0.05) is 19.8 Å². The van der Waals surface area contributed by atoms with Crippen molar-refractivity contribution < 1.29 is 116 Å². The van der Waals surface area contributed by atoms with Crippen LogP contribution in [-0.4, -0.2) is 355 Å². The molecule has 1 heterocycles. The molecule has 1 saturated heterocycles. The minimum absolute atomic E-state index is 0.0441. The predicted molar refractivity (Wildman–Crippen MR) is 380 cm³/mol. The van der Waals surface area contributed by atoms with E-state index in [1.165, 1.54) is 0 Å². The molecule has 604 valence electrons. The number of Topliss-reactive ketones (excluding diaryl/α,β-unsaturated/α-hetero) is 1. The Labute approximate surface area is 615 Å². The molecule has 1 aliphatic heterocycles. The lowest BCUT2D eigenvalue weighted by atomic mass is 9.95. The number of nitrogens with one attached hydrogen (secondary N) is 8. The number of primary amides is 2. The Kier molecular flexibility index (Phi) is 58.4. The number of amides is 9. The van der Waals surface area contributed by atoms with Crippen molar-refractivity contribution in [1.29, 1.82) is 0 Å². The molecular weight excluding hydrogens is 1380 g/mol. The molecular formula is C67H122N14O24. The number of ketones is 1. The third kappa shape index (κ3) is 57.7. The van der Waals surface area contributed by atoms with Crippen LogP contribution in [0.1, 0.15) is 96.8 Å². The number of carboxylic acid groups (broad SMARTS) is 3. The molecule has 0 saturated carbocycles. The van der Waals surface area contributed by atoms with Gasteiger partial charge < -0.3 is 107 Å². The van der Waals surface area contributed by atoms with Crippen LogP contribution in [0.3, 0.4) is 0 Å². The van der Waals surface area contributed by atoms with E-state index in [4.69, 9.17) is 49.4 Å². The molecule has 1 aliphatic rings. The summed E-state index contributed by atoms with van der Waals surface area (Å²) in [5.74, 6) is -7.11. The van der Waals surface area contributed by atoms with Gasteiger partial charge in [0.15, 0.2) is 5.78 Å². The second-order valence-corrected chi connectivity index (χ2v) is 24.9. The van der Waals surface area contributed by atoms with Crippen molar-refractivity contribution in [3.8, 4) is 0 Å². The first kappa shape index (κ1) is 95.8. The Balaban J connectivity index is 2.27. The molecule has 1 fully saturated rings. The van der Waals surface area contributed by atoms with E-state index in [1.54, 1.807) is 26.6 Å². The summed E-state index contributed by atoms with van der Waals surface area (Å²) in [4.78, 5) is 165. The van der Waals surface area contributed by atoms with Gasteiger partial charge in [0.2, 0.25) is 53.2 Å². The average Bonchev–Trinajstić information content (AvgIpc) is 0.915. The average molecular weight is 1510 g/mol. The first-order valence-electron chi connectivity index (χ1n) is 36.3. The molecule has 1 rings (SSSR count). The maximum atomic E-state index is 13.3. The van der Waals surface area contributed by atoms with Gasteiger partial charge in [0.1, 0.15) is 26.4 Å². The highest BCUT2D eigenvalue weighted by atomic mass is 16.5. The van der Waals surface area contributed by atoms with E-state index in [0.29, 0.717) is 90.5 Å². The number of carboxylic acids is 3. The Morgan fingerprint density at radius 3 is 1.05 bits per heavy atom. The van der Waals surface area contributed by atoms with E-state index >= 15 is 0 Å². The number of unbranched alkanes of at least 4 members (excludes halogenated alkanes) is 3. The number of nitrogens with two attached hydrogens (primary N) is 2. The quantitative estimate of drug-likeness (QED) is 0.0254. The van der Waals surface area contributed by atoms with Crippen molar-refractivity contribution in [1.82, 2.24) is 62.1 Å². The van der Waals surface area contributed by atoms with Gasteiger partial charge in [0.25, 0.3) is 0 Å². The van der Waals surface area contributed by atoms with Crippen LogP contribution in [0.4, 0.5) is 0 Å². The number of nitrogens with zero attached hydrogens (tertiary/aromatic N) is 4. The van der Waals surface area contributed by atoms with Gasteiger partial charge in [0, 0.05) is 129 Å². The van der Waals surface area contributed by atoms with E-state index in [-0.39, 0.29) is 270 Å². The summed E-state index contributed by atoms with van der Waals surface area (Å²) in [5, 5.41) is 50.5. The van der Waals surface area contributed by atoms with E-state index in [9.17, 15) is 77.6 Å². The summed E-state index contributed by atoms with van der Waals surface area (Å²) in [5.41, 5.74) is 10.8. The fourth-order valence-electron chi connectivity index (χ4n) is 10.3. The summed E-state index contributed by atoms with van der Waals surface area (Å²) >= 11 is 0. The van der Waals surface area contributed by atoms with Gasteiger partial charge in [-0.25, -0.2) is 0 Å². The largest absolute Gasteiger partial charge is 0.480 e. The molecule has 0 aliphatic carbocycles. The lowest BCUT2D eigenvalue weighted by molar-refractivity contribution is -0.140. The van der Waals surface area contributed by atoms with E-state index in [1.807, 2.05) is 6.92 Å². The van der Waals surface area contributed by atoms with Crippen molar-refractivity contribution in [3.05, 3.63) is 0 Å². The van der Waals surface area contributed by atoms with Crippen LogP contribution in [0.15, 0.2) is 0 Å². The molecule has 15 N–H and O–H groups in total. The maximum Gasteiger partial charge on any atom is 0.317 e. The van der Waals surface area contributed by atoms with Gasteiger partial charge in [0.05, 0.1) is 112 Å². The molecule has 9 amide bonds. The zero-order chi connectivity index (χ0) is 77.5. The summed E-state index contributed by atoms with van der Waals surface area (Å²) in [6, 6.07) is -0.490. The van der Waals surface area contributed by atoms with E-state index < -0.39 is 41.7 Å². The molecule has 38 nitrogen and oxygen atoms in total. The van der Waals surface area contributed by atoms with Gasteiger partial charge in [-0.15, -0.1) is 0 Å². The van der Waals surface area contributed by atoms with Crippen molar-refractivity contribution in [3.63, 3.8) is 0 Å². The third-order valence-corrected chi connectivity index (χ3v) is 16.2. The number of likely N-dealkylation sites (N-methyl/N-ethyl adjacent to an activating group) is 1. The van der Waals surface area contributed by atoms with Crippen LogP contribution in [-0.2, 0) is 100 Å². The smallest absolute Gasteiger partial charge is 0.317 e. The third-order valence-electron chi connectivity index (χ3n) is 16.2. The highest BCUT2D eigenvalue weighted by Crippen LogP contribution is 2.15. The van der Waals surface area contributed by atoms with E-state index in [2.05, 4.69) is 42.5 Å². The standard InChI is InChI=1S/C67H122N14O24/c1-3-52(65(68)95)11-4-7-17-72-59(86)49-103-40-38-101-34-22-76-61(88)50-104-41-36-98-31-19-73-57(84)15-10-14-56(83)71-16-8-5-12-53(67(97)77-18-9-6-13-55(70-2)66(69)96)43-54(82)48-102-39-35-100-33-21-75-60(87)51-105-42-37-99-32-20-74-58(85)44-78-23-25-79(45-62(89)90)27-29-81(47-64(93)94)30-28-80(26-24-78)46-63(91)92/h52-53,55,70H,3-51H2,1-2H3,(H2,68,95)(H2,69,96)(H,71,83)(H,72,86)(H,73,84)(H,74,85)(H,75,87)(H,76,88)(H,77,97)(H,89,90)(H,91,92)(H,93,94)/t52-,53+,55-/m0/s1. The second kappa shape index (κ2) is 64.0. The topological polar surface area (TPSA) is 518 Å². The highest BCUT2D eigenvalue weighted by Gasteiger charge is 2.24. The summed E-state index contributed by atoms with van der Waals surface area (Å²) in [6.07, 6.45) is 6.51. The number of hydrogen-bond donors (Lipinski definition) is 13. The Hall–Kier alpha value is -7.21. The maximum absolute atomic E-state index is 13.3. The fourth-order valence-corrected chi connectivity index (χ4v) is 10.3. The van der Waals surface area contributed by atoms with Gasteiger partial charge >= 0.3 is 17.9 Å². The number of hydrogen-bond acceptors (Lipinski definition) is 26. The molecule has 3 atom stereocenters. The van der Waals surface area contributed by atoms with Crippen LogP contribution in [0.5, 0.6) is 0 Å². The zero-order valence-corrected chi connectivity index (χ0v) is 61.7. The van der Waals surface area contributed by atoms with Crippen molar-refractivity contribution in [2.45, 2.75) is 103 Å². The number of carbonyl (C=O) groups is 13. The molecule has 0 radical (unpaired) electrons. The molecule has 0 spiro atoms. The normalized spacial score (nSPS) is 14.3. The fraction of sp³-hybridized carbons (Fsp3) is 0.806. The molecule has 38 heteroatoms. The lowest BCUT2D eigenvalue weighted by Crippen LogP contribution is -2.50. The highest BCUT2D eigenvalue weighted by molar-refractivity contribution is 5.87. The predicted octanol–water partition coefficient (Wildman–Crippen LogP) is -4.75. The summed E-state index contributed by atoms with van der Waals surface area (Å²) < 4.78 is 43.4. The molecule has 0 unspecified atom stereocenters. The zero-order valence-electron chi connectivity index (χ0n) is 61.7. The van der Waals surface area contributed by atoms with Gasteiger partial charge in [-0.05, 0) is 64.8 Å². The Morgan fingerprint density at radius 2 is 0.676 bits per heavy atom. The number of carbonyl (C=O) groups excluding carboxylic acids is 10. The molecule has 0 aromatic rings. The Bertz CT molecular complexity index is 2460. The van der Waals surface area contributed by atoms with Crippen LogP contribution in [0.2, 0.25) is 0 Å². The number of rotatable bonds is 66. The Morgan fingerprint density at radius 1 is 0.352 bits per heavy atom. The van der Waals surface area contributed by atoms with Crippen molar-refractivity contribution >= 4 is 76.9 Å². The van der Waals surface area contributed by atoms with Crippen LogP contribution >= 0.6 is 0 Å². The van der Waals surface area contributed by atoms with Crippen LogP contribution in [0.25, 0.3) is 0 Å². The molecule has 0 aromatic heterocycles. The summed E-state index contributed by atoms with van der Waals surface area (Å²) in [6.45, 7) is 6.37. The molecule has 0 aromatic carbocycles. The van der Waals surface area contributed by atoms with Crippen LogP contribution < -0.4 is 54.0 Å². The first-order chi connectivity index (χ1) is 50.5. The first-order valence-corrected chi connectivity index (χ1v) is 36.3. The second-order valence-electron chi connectivity index (χ2n) is 24.9. The number of aliphatic carboxylic acids is 3. The molecule has 105 heavy (non-hydrogen) atoms. The minimum Gasteiger partial charge on any atom is -0.480 e. The SMILES string of the molecule is CC[C@@H](CCCCNC(=O)COCCOCCNC(=O)COCCOCCNC(=O)CCCC(=O)NCCCC[C@H](CC(=O)COCCOCCNC(=O)COCCOCCNC(=O)CN1CCN(CC(=O)O)CCN(CC(=O)O)CCN(CC(=O)O)CC1)C(=O)NCCCC[C@H](NC)C(N)=O)C(N)=O.